The van der Waals surface area contributed by atoms with Gasteiger partial charge in [-0.15, -0.1) is 0 Å². The second-order valence-electron chi connectivity index (χ2n) is 8.62. The summed E-state index contributed by atoms with van der Waals surface area (Å²) in [6.45, 7) is 6.07. The van der Waals surface area contributed by atoms with Crippen LogP contribution in [-0.4, -0.2) is 33.0 Å². The molecule has 0 unspecified atom stereocenters. The van der Waals surface area contributed by atoms with Gasteiger partial charge in [0.25, 0.3) is 5.69 Å². The van der Waals surface area contributed by atoms with Crippen LogP contribution in [0, 0.1) is 10.1 Å². The Morgan fingerprint density at radius 1 is 0.676 bits per heavy atom. The summed E-state index contributed by atoms with van der Waals surface area (Å²) in [6.07, 6.45) is 14.7. The SMILES string of the molecule is CCCCCCCCNc1nc(NCCCCCCCC)nc(Nc2ccc([N+](=O)[O-])cc2)n1. The lowest BCUT2D eigenvalue weighted by Gasteiger charge is -2.11. The van der Waals surface area contributed by atoms with Crippen LogP contribution in [0.1, 0.15) is 90.9 Å². The Labute approximate surface area is 203 Å². The fourth-order valence-electron chi connectivity index (χ4n) is 3.60. The molecule has 0 aliphatic carbocycles. The summed E-state index contributed by atoms with van der Waals surface area (Å²) in [7, 11) is 0. The number of nitrogens with zero attached hydrogens (tertiary/aromatic N) is 4. The Bertz CT molecular complexity index is 794. The van der Waals surface area contributed by atoms with Crippen LogP contribution in [-0.2, 0) is 0 Å². The highest BCUT2D eigenvalue weighted by atomic mass is 16.6. The smallest absolute Gasteiger partial charge is 0.269 e. The second-order valence-corrected chi connectivity index (χ2v) is 8.62. The fraction of sp³-hybridized carbons (Fsp3) is 0.640. The minimum absolute atomic E-state index is 0.0452. The predicted octanol–water partition coefficient (Wildman–Crippen LogP) is 7.07. The third-order valence-electron chi connectivity index (χ3n) is 5.60. The molecule has 0 saturated heterocycles. The highest BCUT2D eigenvalue weighted by molar-refractivity contribution is 5.57. The maximum Gasteiger partial charge on any atom is 0.269 e. The van der Waals surface area contributed by atoms with E-state index in [4.69, 9.17) is 0 Å². The van der Waals surface area contributed by atoms with E-state index in [2.05, 4.69) is 44.7 Å². The number of anilines is 4. The first kappa shape index (κ1) is 27.3. The van der Waals surface area contributed by atoms with Crippen molar-refractivity contribution < 1.29 is 4.92 Å². The molecule has 1 aromatic carbocycles. The van der Waals surface area contributed by atoms with Gasteiger partial charge in [0.1, 0.15) is 0 Å². The van der Waals surface area contributed by atoms with E-state index in [0.717, 1.165) is 25.9 Å². The van der Waals surface area contributed by atoms with Gasteiger partial charge in [0.2, 0.25) is 17.8 Å². The molecule has 0 atom stereocenters. The average Bonchev–Trinajstić information content (AvgIpc) is 2.83. The number of rotatable bonds is 19. The van der Waals surface area contributed by atoms with Crippen LogP contribution in [0.25, 0.3) is 0 Å². The number of benzene rings is 1. The van der Waals surface area contributed by atoms with Crippen molar-refractivity contribution in [1.29, 1.82) is 0 Å². The molecule has 0 fully saturated rings. The van der Waals surface area contributed by atoms with Gasteiger partial charge in [-0.25, -0.2) is 0 Å². The van der Waals surface area contributed by atoms with E-state index >= 15 is 0 Å². The standard InChI is InChI=1S/C25H41N7O2/c1-3-5-7-9-11-13-19-26-23-29-24(27-20-14-12-10-8-6-4-2)31-25(30-23)28-21-15-17-22(18-16-21)32(33)34/h15-18H,3-14,19-20H2,1-2H3,(H3,26,27,28,29,30,31). The number of non-ortho nitro benzene ring substituents is 1. The van der Waals surface area contributed by atoms with E-state index in [1.165, 1.54) is 76.3 Å². The van der Waals surface area contributed by atoms with E-state index in [1.807, 2.05) is 0 Å². The number of aromatic nitrogens is 3. The largest absolute Gasteiger partial charge is 0.354 e. The molecular formula is C25H41N7O2. The predicted molar refractivity (Wildman–Crippen MR) is 140 cm³/mol. The summed E-state index contributed by atoms with van der Waals surface area (Å²) in [5.41, 5.74) is 0.726. The molecule has 34 heavy (non-hydrogen) atoms. The van der Waals surface area contributed by atoms with Crippen LogP contribution >= 0.6 is 0 Å². The minimum atomic E-state index is -0.415. The molecule has 0 amide bonds. The molecule has 2 rings (SSSR count). The zero-order valence-corrected chi connectivity index (χ0v) is 20.8. The van der Waals surface area contributed by atoms with Gasteiger partial charge in [0.05, 0.1) is 4.92 Å². The Kier molecular flexibility index (Phi) is 13.3. The molecule has 0 saturated carbocycles. The molecule has 0 aliphatic rings. The first-order valence-corrected chi connectivity index (χ1v) is 12.9. The van der Waals surface area contributed by atoms with E-state index in [-0.39, 0.29) is 5.69 Å². The highest BCUT2D eigenvalue weighted by Crippen LogP contribution is 2.19. The first-order chi connectivity index (χ1) is 16.6. The lowest BCUT2D eigenvalue weighted by Crippen LogP contribution is -2.12. The molecule has 1 heterocycles. The van der Waals surface area contributed by atoms with Crippen molar-refractivity contribution in [2.45, 2.75) is 90.9 Å². The quantitative estimate of drug-likeness (QED) is 0.113. The Morgan fingerprint density at radius 2 is 1.12 bits per heavy atom. The number of nitrogens with one attached hydrogen (secondary N) is 3. The van der Waals surface area contributed by atoms with Crippen LogP contribution in [0.5, 0.6) is 0 Å². The number of nitro groups is 1. The zero-order chi connectivity index (χ0) is 24.4. The summed E-state index contributed by atoms with van der Waals surface area (Å²) in [6, 6.07) is 6.21. The van der Waals surface area contributed by atoms with Gasteiger partial charge in [-0.3, -0.25) is 10.1 Å². The van der Waals surface area contributed by atoms with E-state index in [9.17, 15) is 10.1 Å². The molecule has 3 N–H and O–H groups in total. The molecule has 0 spiro atoms. The van der Waals surface area contributed by atoms with Crippen LogP contribution in [0.15, 0.2) is 24.3 Å². The van der Waals surface area contributed by atoms with E-state index in [0.29, 0.717) is 23.5 Å². The lowest BCUT2D eigenvalue weighted by molar-refractivity contribution is -0.384. The number of nitro benzene ring substituents is 1. The molecule has 1 aromatic heterocycles. The van der Waals surface area contributed by atoms with Crippen molar-refractivity contribution in [3.05, 3.63) is 34.4 Å². The average molecular weight is 472 g/mol. The zero-order valence-electron chi connectivity index (χ0n) is 20.8. The summed E-state index contributed by atoms with van der Waals surface area (Å²) < 4.78 is 0. The monoisotopic (exact) mass is 471 g/mol. The first-order valence-electron chi connectivity index (χ1n) is 12.9. The molecule has 9 heteroatoms. The molecule has 0 bridgehead atoms. The van der Waals surface area contributed by atoms with Crippen molar-refractivity contribution in [3.63, 3.8) is 0 Å². The van der Waals surface area contributed by atoms with E-state index in [1.54, 1.807) is 12.1 Å². The van der Waals surface area contributed by atoms with Gasteiger partial charge in [-0.1, -0.05) is 78.1 Å². The third-order valence-corrected chi connectivity index (χ3v) is 5.60. The molecule has 2 aromatic rings. The van der Waals surface area contributed by atoms with Gasteiger partial charge in [0.15, 0.2) is 0 Å². The second kappa shape index (κ2) is 16.6. The van der Waals surface area contributed by atoms with Gasteiger partial charge in [-0.05, 0) is 25.0 Å². The molecule has 9 nitrogen and oxygen atoms in total. The Morgan fingerprint density at radius 3 is 1.59 bits per heavy atom. The number of hydrogen-bond acceptors (Lipinski definition) is 8. The van der Waals surface area contributed by atoms with Gasteiger partial charge in [-0.2, -0.15) is 15.0 Å². The Balaban J connectivity index is 1.94. The Hall–Kier alpha value is -2.97. The molecular weight excluding hydrogens is 430 g/mol. The van der Waals surface area contributed by atoms with Crippen molar-refractivity contribution in [2.24, 2.45) is 0 Å². The van der Waals surface area contributed by atoms with Crippen LogP contribution in [0.4, 0.5) is 29.2 Å². The van der Waals surface area contributed by atoms with Crippen molar-refractivity contribution in [1.82, 2.24) is 15.0 Å². The normalized spacial score (nSPS) is 10.8. The number of unbranched alkanes of at least 4 members (excludes halogenated alkanes) is 10. The lowest BCUT2D eigenvalue weighted by atomic mass is 10.1. The van der Waals surface area contributed by atoms with E-state index < -0.39 is 4.92 Å². The third kappa shape index (κ3) is 11.2. The van der Waals surface area contributed by atoms with Gasteiger partial charge in [0, 0.05) is 30.9 Å². The van der Waals surface area contributed by atoms with Crippen LogP contribution in [0.2, 0.25) is 0 Å². The topological polar surface area (TPSA) is 118 Å². The minimum Gasteiger partial charge on any atom is -0.354 e. The van der Waals surface area contributed by atoms with Crippen molar-refractivity contribution in [2.75, 3.05) is 29.0 Å². The highest BCUT2D eigenvalue weighted by Gasteiger charge is 2.09. The summed E-state index contributed by atoms with van der Waals surface area (Å²) in [5.74, 6) is 1.46. The van der Waals surface area contributed by atoms with Crippen molar-refractivity contribution >= 4 is 29.2 Å². The van der Waals surface area contributed by atoms with Gasteiger partial charge < -0.3 is 16.0 Å². The molecule has 0 radical (unpaired) electrons. The van der Waals surface area contributed by atoms with Crippen molar-refractivity contribution in [3.8, 4) is 0 Å². The summed E-state index contributed by atoms with van der Waals surface area (Å²) >= 11 is 0. The maximum atomic E-state index is 10.9. The van der Waals surface area contributed by atoms with Crippen LogP contribution < -0.4 is 16.0 Å². The maximum absolute atomic E-state index is 10.9. The number of hydrogen-bond donors (Lipinski definition) is 3. The summed E-state index contributed by atoms with van der Waals surface area (Å²) in [5, 5.41) is 20.7. The summed E-state index contributed by atoms with van der Waals surface area (Å²) in [4.78, 5) is 24.0. The fourth-order valence-corrected chi connectivity index (χ4v) is 3.60. The van der Waals surface area contributed by atoms with Gasteiger partial charge >= 0.3 is 0 Å². The van der Waals surface area contributed by atoms with Crippen LogP contribution in [0.3, 0.4) is 0 Å². The molecule has 0 aliphatic heterocycles. The molecule has 188 valence electrons.